The Kier molecular flexibility index (Phi) is 2.90. The van der Waals surface area contributed by atoms with Gasteiger partial charge in [0, 0.05) is 13.2 Å². The van der Waals surface area contributed by atoms with Crippen molar-refractivity contribution < 1.29 is 9.84 Å². The number of hydrogen-bond acceptors (Lipinski definition) is 2. The third-order valence-electron chi connectivity index (χ3n) is 2.44. The highest BCUT2D eigenvalue weighted by Crippen LogP contribution is 2.45. The lowest BCUT2D eigenvalue weighted by molar-refractivity contribution is 0.0616. The summed E-state index contributed by atoms with van der Waals surface area (Å²) in [5.41, 5.74) is -0.367. The minimum Gasteiger partial charge on any atom is -0.390 e. The van der Waals surface area contributed by atoms with Crippen molar-refractivity contribution in [1.29, 1.82) is 0 Å². The maximum absolute atomic E-state index is 9.62. The molecule has 2 nitrogen and oxygen atoms in total. The first-order valence-electron chi connectivity index (χ1n) is 4.49. The summed E-state index contributed by atoms with van der Waals surface area (Å²) in [7, 11) is 0. The molecular weight excluding hydrogens is 140 g/mol. The molecule has 0 aromatic carbocycles. The molecule has 1 N–H and O–H groups in total. The molecular formula is C9H18O2. The molecule has 0 amide bonds. The zero-order valence-corrected chi connectivity index (χ0v) is 7.47. The fraction of sp³-hybridized carbons (Fsp3) is 1.00. The third-order valence-corrected chi connectivity index (χ3v) is 2.44. The van der Waals surface area contributed by atoms with Gasteiger partial charge in [-0.25, -0.2) is 0 Å². The Morgan fingerprint density at radius 1 is 1.55 bits per heavy atom. The van der Waals surface area contributed by atoms with Crippen LogP contribution in [-0.4, -0.2) is 23.9 Å². The normalized spacial score (nSPS) is 35.7. The molecule has 2 heteroatoms. The summed E-state index contributed by atoms with van der Waals surface area (Å²) in [4.78, 5) is 0. The SMILES string of the molecule is CCCOCCC1(O)CC1C. The van der Waals surface area contributed by atoms with Crippen LogP contribution in [0.25, 0.3) is 0 Å². The van der Waals surface area contributed by atoms with Gasteiger partial charge >= 0.3 is 0 Å². The number of hydrogen-bond donors (Lipinski definition) is 1. The molecule has 0 aromatic heterocycles. The number of aliphatic hydroxyl groups is 1. The molecule has 0 bridgehead atoms. The van der Waals surface area contributed by atoms with E-state index in [-0.39, 0.29) is 5.60 Å². The number of ether oxygens (including phenoxy) is 1. The van der Waals surface area contributed by atoms with Crippen LogP contribution in [0.15, 0.2) is 0 Å². The highest BCUT2D eigenvalue weighted by atomic mass is 16.5. The van der Waals surface area contributed by atoms with Crippen molar-refractivity contribution in [2.45, 2.75) is 38.7 Å². The van der Waals surface area contributed by atoms with Crippen LogP contribution in [0.1, 0.15) is 33.1 Å². The first-order valence-corrected chi connectivity index (χ1v) is 4.49. The molecule has 2 atom stereocenters. The van der Waals surface area contributed by atoms with Gasteiger partial charge in [-0.05, 0) is 25.2 Å². The topological polar surface area (TPSA) is 29.5 Å². The van der Waals surface area contributed by atoms with Gasteiger partial charge in [0.05, 0.1) is 5.60 Å². The van der Waals surface area contributed by atoms with Gasteiger partial charge in [0.2, 0.25) is 0 Å². The Morgan fingerprint density at radius 3 is 2.64 bits per heavy atom. The first kappa shape index (κ1) is 9.01. The molecule has 1 fully saturated rings. The fourth-order valence-corrected chi connectivity index (χ4v) is 1.32. The molecule has 2 unspecified atom stereocenters. The lowest BCUT2D eigenvalue weighted by atomic mass is 10.2. The van der Waals surface area contributed by atoms with E-state index in [0.29, 0.717) is 12.5 Å². The monoisotopic (exact) mass is 158 g/mol. The Balaban J connectivity index is 1.96. The highest BCUT2D eigenvalue weighted by Gasteiger charge is 2.48. The van der Waals surface area contributed by atoms with Gasteiger partial charge < -0.3 is 9.84 Å². The van der Waals surface area contributed by atoms with E-state index in [1.165, 1.54) is 0 Å². The van der Waals surface area contributed by atoms with Crippen LogP contribution in [0.3, 0.4) is 0 Å². The van der Waals surface area contributed by atoms with Crippen molar-refractivity contribution in [1.82, 2.24) is 0 Å². The van der Waals surface area contributed by atoms with Gasteiger partial charge in [-0.15, -0.1) is 0 Å². The van der Waals surface area contributed by atoms with E-state index in [1.807, 2.05) is 0 Å². The lowest BCUT2D eigenvalue weighted by Crippen LogP contribution is -2.13. The van der Waals surface area contributed by atoms with Crippen molar-refractivity contribution in [3.05, 3.63) is 0 Å². The minimum atomic E-state index is -0.367. The van der Waals surface area contributed by atoms with Crippen LogP contribution in [0.5, 0.6) is 0 Å². The van der Waals surface area contributed by atoms with Crippen LogP contribution in [0.4, 0.5) is 0 Å². The molecule has 0 aromatic rings. The van der Waals surface area contributed by atoms with Gasteiger partial charge in [-0.3, -0.25) is 0 Å². The van der Waals surface area contributed by atoms with Gasteiger partial charge in [-0.1, -0.05) is 13.8 Å². The average Bonchev–Trinajstić information content (AvgIpc) is 2.54. The second-order valence-corrected chi connectivity index (χ2v) is 3.57. The van der Waals surface area contributed by atoms with Crippen LogP contribution in [0.2, 0.25) is 0 Å². The molecule has 11 heavy (non-hydrogen) atoms. The third kappa shape index (κ3) is 2.46. The first-order chi connectivity index (χ1) is 5.19. The Morgan fingerprint density at radius 2 is 2.18 bits per heavy atom. The van der Waals surface area contributed by atoms with E-state index in [1.54, 1.807) is 0 Å². The predicted molar refractivity (Wildman–Crippen MR) is 44.5 cm³/mol. The Bertz CT molecular complexity index is 125. The fourth-order valence-electron chi connectivity index (χ4n) is 1.32. The smallest absolute Gasteiger partial charge is 0.0699 e. The Hall–Kier alpha value is -0.0800. The molecule has 0 saturated heterocycles. The standard InChI is InChI=1S/C9H18O2/c1-3-5-11-6-4-9(10)7-8(9)2/h8,10H,3-7H2,1-2H3. The van der Waals surface area contributed by atoms with Gasteiger partial charge in [0.15, 0.2) is 0 Å². The van der Waals surface area contributed by atoms with Crippen molar-refractivity contribution in [3.63, 3.8) is 0 Å². The quantitative estimate of drug-likeness (QED) is 0.615. The van der Waals surface area contributed by atoms with Gasteiger partial charge in [-0.2, -0.15) is 0 Å². The van der Waals surface area contributed by atoms with Crippen LogP contribution >= 0.6 is 0 Å². The Labute approximate surface area is 68.6 Å². The summed E-state index contributed by atoms with van der Waals surface area (Å²) in [6.07, 6.45) is 2.84. The summed E-state index contributed by atoms with van der Waals surface area (Å²) in [5, 5.41) is 9.62. The predicted octanol–water partition coefficient (Wildman–Crippen LogP) is 1.57. The zero-order chi connectivity index (χ0) is 8.32. The molecule has 1 aliphatic rings. The summed E-state index contributed by atoms with van der Waals surface area (Å²) in [6.45, 7) is 5.72. The van der Waals surface area contributed by atoms with E-state index in [4.69, 9.17) is 4.74 Å². The molecule has 0 radical (unpaired) electrons. The minimum absolute atomic E-state index is 0.367. The van der Waals surface area contributed by atoms with E-state index < -0.39 is 0 Å². The van der Waals surface area contributed by atoms with Crippen LogP contribution < -0.4 is 0 Å². The number of rotatable bonds is 5. The summed E-state index contributed by atoms with van der Waals surface area (Å²) in [5.74, 6) is 0.493. The largest absolute Gasteiger partial charge is 0.390 e. The van der Waals surface area contributed by atoms with E-state index in [9.17, 15) is 5.11 Å². The van der Waals surface area contributed by atoms with E-state index in [0.717, 1.165) is 25.9 Å². The zero-order valence-electron chi connectivity index (χ0n) is 7.47. The molecule has 1 rings (SSSR count). The molecule has 0 aliphatic heterocycles. The molecule has 0 heterocycles. The van der Waals surface area contributed by atoms with Crippen molar-refractivity contribution >= 4 is 0 Å². The van der Waals surface area contributed by atoms with Gasteiger partial charge in [0.25, 0.3) is 0 Å². The summed E-state index contributed by atoms with van der Waals surface area (Å²) in [6, 6.07) is 0. The average molecular weight is 158 g/mol. The lowest BCUT2D eigenvalue weighted by Gasteiger charge is -2.08. The van der Waals surface area contributed by atoms with Crippen LogP contribution in [0, 0.1) is 5.92 Å². The van der Waals surface area contributed by atoms with Gasteiger partial charge in [0.1, 0.15) is 0 Å². The van der Waals surface area contributed by atoms with Crippen molar-refractivity contribution in [2.24, 2.45) is 5.92 Å². The molecule has 1 saturated carbocycles. The summed E-state index contributed by atoms with van der Waals surface area (Å²) < 4.78 is 5.29. The maximum Gasteiger partial charge on any atom is 0.0699 e. The molecule has 1 aliphatic carbocycles. The van der Waals surface area contributed by atoms with Crippen molar-refractivity contribution in [2.75, 3.05) is 13.2 Å². The van der Waals surface area contributed by atoms with Crippen LogP contribution in [-0.2, 0) is 4.74 Å². The highest BCUT2D eigenvalue weighted by molar-refractivity contribution is 5.00. The molecule has 66 valence electrons. The second-order valence-electron chi connectivity index (χ2n) is 3.57. The summed E-state index contributed by atoms with van der Waals surface area (Å²) >= 11 is 0. The van der Waals surface area contributed by atoms with E-state index in [2.05, 4.69) is 13.8 Å². The molecule has 0 spiro atoms. The second kappa shape index (κ2) is 3.55. The van der Waals surface area contributed by atoms with E-state index >= 15 is 0 Å². The van der Waals surface area contributed by atoms with Crippen molar-refractivity contribution in [3.8, 4) is 0 Å². The maximum atomic E-state index is 9.62.